The van der Waals surface area contributed by atoms with E-state index < -0.39 is 40.7 Å². The largest absolute Gasteiger partial charge is 0.452 e. The summed E-state index contributed by atoms with van der Waals surface area (Å²) in [5, 5.41) is 12.9. The standard InChI is InChI=1S/C16H11F3N2O5/c17-16(18,19)13-7-2-1-6-12(13)15(23)26-9-14(22)20-10-4-3-5-11(8-10)21(24)25/h1-8H,9H2,(H,20,22). The highest BCUT2D eigenvalue weighted by atomic mass is 19.4. The summed E-state index contributed by atoms with van der Waals surface area (Å²) >= 11 is 0. The number of halogens is 3. The SMILES string of the molecule is O=C(COC(=O)c1ccccc1C(F)(F)F)Nc1cccc([N+](=O)[O-])c1. The average molecular weight is 368 g/mol. The summed E-state index contributed by atoms with van der Waals surface area (Å²) < 4.78 is 43.2. The maximum Gasteiger partial charge on any atom is 0.417 e. The molecule has 0 aliphatic rings. The van der Waals surface area contributed by atoms with Gasteiger partial charge in [0.05, 0.1) is 16.1 Å². The van der Waals surface area contributed by atoms with Gasteiger partial charge in [-0.15, -0.1) is 0 Å². The van der Waals surface area contributed by atoms with Crippen molar-refractivity contribution in [1.29, 1.82) is 0 Å². The van der Waals surface area contributed by atoms with Gasteiger partial charge in [0.15, 0.2) is 6.61 Å². The van der Waals surface area contributed by atoms with Gasteiger partial charge >= 0.3 is 12.1 Å². The van der Waals surface area contributed by atoms with E-state index in [0.29, 0.717) is 0 Å². The molecule has 0 aliphatic heterocycles. The van der Waals surface area contributed by atoms with E-state index in [1.54, 1.807) is 0 Å². The fourth-order valence-electron chi connectivity index (χ4n) is 2.01. The second kappa shape index (κ2) is 7.64. The molecule has 1 N–H and O–H groups in total. The van der Waals surface area contributed by atoms with Gasteiger partial charge in [0.1, 0.15) is 0 Å². The number of hydrogen-bond donors (Lipinski definition) is 1. The first-order valence-electron chi connectivity index (χ1n) is 7.06. The van der Waals surface area contributed by atoms with Crippen molar-refractivity contribution in [3.05, 3.63) is 69.8 Å². The van der Waals surface area contributed by atoms with Crippen LogP contribution in [0.15, 0.2) is 48.5 Å². The summed E-state index contributed by atoms with van der Waals surface area (Å²) in [7, 11) is 0. The summed E-state index contributed by atoms with van der Waals surface area (Å²) in [6.45, 7) is -0.853. The van der Waals surface area contributed by atoms with Crippen LogP contribution in [0.2, 0.25) is 0 Å². The van der Waals surface area contributed by atoms with Crippen LogP contribution in [0.4, 0.5) is 24.5 Å². The molecule has 136 valence electrons. The lowest BCUT2D eigenvalue weighted by Gasteiger charge is -2.12. The number of non-ortho nitro benzene ring substituents is 1. The third-order valence-corrected chi connectivity index (χ3v) is 3.13. The first-order chi connectivity index (χ1) is 12.2. The number of alkyl halides is 3. The Bertz CT molecular complexity index is 852. The van der Waals surface area contributed by atoms with E-state index >= 15 is 0 Å². The monoisotopic (exact) mass is 368 g/mol. The zero-order chi connectivity index (χ0) is 19.3. The molecule has 0 bridgehead atoms. The van der Waals surface area contributed by atoms with Gasteiger partial charge in [-0.3, -0.25) is 14.9 Å². The molecule has 0 aromatic heterocycles. The number of carbonyl (C=O) groups is 2. The number of amides is 1. The molecular weight excluding hydrogens is 357 g/mol. The number of ether oxygens (including phenoxy) is 1. The number of benzene rings is 2. The number of rotatable bonds is 5. The van der Waals surface area contributed by atoms with Crippen molar-refractivity contribution >= 4 is 23.3 Å². The van der Waals surface area contributed by atoms with Gasteiger partial charge in [-0.1, -0.05) is 18.2 Å². The quantitative estimate of drug-likeness (QED) is 0.495. The van der Waals surface area contributed by atoms with Crippen molar-refractivity contribution in [3.8, 4) is 0 Å². The molecule has 0 heterocycles. The number of hydrogen-bond acceptors (Lipinski definition) is 5. The fourth-order valence-corrected chi connectivity index (χ4v) is 2.01. The van der Waals surface area contributed by atoms with Crippen LogP contribution < -0.4 is 5.32 Å². The number of carbonyl (C=O) groups excluding carboxylic acids is 2. The molecule has 0 aliphatic carbocycles. The molecule has 7 nitrogen and oxygen atoms in total. The zero-order valence-corrected chi connectivity index (χ0v) is 12.9. The van der Waals surface area contributed by atoms with Gasteiger partial charge in [0, 0.05) is 17.8 Å². The maximum atomic E-state index is 12.9. The third-order valence-electron chi connectivity index (χ3n) is 3.13. The summed E-state index contributed by atoms with van der Waals surface area (Å²) in [5.74, 6) is -2.17. The molecule has 26 heavy (non-hydrogen) atoms. The van der Waals surface area contributed by atoms with Crippen LogP contribution in [0.5, 0.6) is 0 Å². The van der Waals surface area contributed by atoms with Gasteiger partial charge in [-0.2, -0.15) is 13.2 Å². The number of nitro benzene ring substituents is 1. The Balaban J connectivity index is 2.01. The van der Waals surface area contributed by atoms with E-state index in [9.17, 15) is 32.9 Å². The van der Waals surface area contributed by atoms with Crippen LogP contribution in [-0.4, -0.2) is 23.4 Å². The van der Waals surface area contributed by atoms with Gasteiger partial charge in [-0.25, -0.2) is 4.79 Å². The Kier molecular flexibility index (Phi) is 5.55. The maximum absolute atomic E-state index is 12.9. The lowest BCUT2D eigenvalue weighted by Crippen LogP contribution is -2.22. The van der Waals surface area contributed by atoms with E-state index in [-0.39, 0.29) is 11.4 Å². The van der Waals surface area contributed by atoms with Crippen LogP contribution in [0.1, 0.15) is 15.9 Å². The number of nitrogens with one attached hydrogen (secondary N) is 1. The predicted molar refractivity (Wildman–Crippen MR) is 83.5 cm³/mol. The van der Waals surface area contributed by atoms with Crippen molar-refractivity contribution in [1.82, 2.24) is 0 Å². The normalized spacial score (nSPS) is 10.9. The highest BCUT2D eigenvalue weighted by Crippen LogP contribution is 2.32. The van der Waals surface area contributed by atoms with Gasteiger partial charge < -0.3 is 10.1 Å². The highest BCUT2D eigenvalue weighted by molar-refractivity contribution is 5.96. The number of esters is 1. The van der Waals surface area contributed by atoms with Crippen molar-refractivity contribution in [3.63, 3.8) is 0 Å². The Hall–Kier alpha value is -3.43. The highest BCUT2D eigenvalue weighted by Gasteiger charge is 2.35. The minimum Gasteiger partial charge on any atom is -0.452 e. The molecule has 10 heteroatoms. The van der Waals surface area contributed by atoms with Crippen LogP contribution in [0, 0.1) is 10.1 Å². The number of nitro groups is 1. The molecule has 0 unspecified atom stereocenters. The van der Waals surface area contributed by atoms with Crippen molar-refractivity contribution < 1.29 is 32.4 Å². The Morgan fingerprint density at radius 2 is 1.81 bits per heavy atom. The number of nitrogens with zero attached hydrogens (tertiary/aromatic N) is 1. The van der Waals surface area contributed by atoms with Crippen molar-refractivity contribution in [2.45, 2.75) is 6.18 Å². The average Bonchev–Trinajstić information content (AvgIpc) is 2.59. The van der Waals surface area contributed by atoms with Crippen LogP contribution >= 0.6 is 0 Å². The van der Waals surface area contributed by atoms with Crippen molar-refractivity contribution in [2.24, 2.45) is 0 Å². The second-order valence-corrected chi connectivity index (χ2v) is 4.98. The van der Waals surface area contributed by atoms with E-state index in [1.165, 1.54) is 24.3 Å². The summed E-state index contributed by atoms with van der Waals surface area (Å²) in [6.07, 6.45) is -4.75. The Morgan fingerprint density at radius 1 is 1.12 bits per heavy atom. The Labute approximate surface area is 144 Å². The number of anilines is 1. The first kappa shape index (κ1) is 18.9. The van der Waals surface area contributed by atoms with Crippen LogP contribution in [0.25, 0.3) is 0 Å². The minimum absolute atomic E-state index is 0.0796. The van der Waals surface area contributed by atoms with E-state index in [1.807, 2.05) is 0 Å². The van der Waals surface area contributed by atoms with Crippen LogP contribution in [0.3, 0.4) is 0 Å². The minimum atomic E-state index is -4.75. The molecule has 0 spiro atoms. The van der Waals surface area contributed by atoms with Crippen LogP contribution in [-0.2, 0) is 15.7 Å². The molecular formula is C16H11F3N2O5. The van der Waals surface area contributed by atoms with Crippen molar-refractivity contribution in [2.75, 3.05) is 11.9 Å². The molecule has 0 saturated carbocycles. The lowest BCUT2D eigenvalue weighted by molar-refractivity contribution is -0.384. The molecule has 0 atom stereocenters. The smallest absolute Gasteiger partial charge is 0.417 e. The lowest BCUT2D eigenvalue weighted by atomic mass is 10.1. The second-order valence-electron chi connectivity index (χ2n) is 4.98. The molecule has 2 aromatic carbocycles. The summed E-state index contributed by atoms with van der Waals surface area (Å²) in [4.78, 5) is 33.5. The molecule has 2 aromatic rings. The molecule has 2 rings (SSSR count). The molecule has 0 radical (unpaired) electrons. The zero-order valence-electron chi connectivity index (χ0n) is 12.9. The first-order valence-corrected chi connectivity index (χ1v) is 7.06. The van der Waals surface area contributed by atoms with E-state index in [4.69, 9.17) is 0 Å². The molecule has 0 saturated heterocycles. The van der Waals surface area contributed by atoms with E-state index in [2.05, 4.69) is 10.1 Å². The summed E-state index contributed by atoms with van der Waals surface area (Å²) in [5.41, 5.74) is -2.08. The molecule has 0 fully saturated rings. The Morgan fingerprint density at radius 3 is 2.46 bits per heavy atom. The van der Waals surface area contributed by atoms with E-state index in [0.717, 1.165) is 24.3 Å². The van der Waals surface area contributed by atoms with Gasteiger partial charge in [0.25, 0.3) is 11.6 Å². The fraction of sp³-hybridized carbons (Fsp3) is 0.125. The topological polar surface area (TPSA) is 98.5 Å². The predicted octanol–water partition coefficient (Wildman–Crippen LogP) is 3.41. The van der Waals surface area contributed by atoms with Gasteiger partial charge in [0.2, 0.25) is 0 Å². The summed E-state index contributed by atoms with van der Waals surface area (Å²) in [6, 6.07) is 9.00. The molecule has 1 amide bonds. The third kappa shape index (κ3) is 4.79. The van der Waals surface area contributed by atoms with Gasteiger partial charge in [-0.05, 0) is 18.2 Å².